The van der Waals surface area contributed by atoms with Gasteiger partial charge in [-0.1, -0.05) is 48.5 Å². The van der Waals surface area contributed by atoms with E-state index in [1.54, 1.807) is 13.1 Å². The molecular formula is C20H25FIN3. The molecule has 25 heavy (non-hydrogen) atoms. The lowest BCUT2D eigenvalue weighted by molar-refractivity contribution is 0.607. The second-order valence-electron chi connectivity index (χ2n) is 6.20. The van der Waals surface area contributed by atoms with E-state index in [1.165, 1.54) is 11.6 Å². The average Bonchev–Trinajstić information content (AvgIpc) is 3.38. The van der Waals surface area contributed by atoms with Crippen molar-refractivity contribution in [1.82, 2.24) is 10.6 Å². The van der Waals surface area contributed by atoms with Crippen molar-refractivity contribution >= 4 is 29.9 Å². The number of halogens is 2. The van der Waals surface area contributed by atoms with Gasteiger partial charge in [0, 0.05) is 25.6 Å². The Morgan fingerprint density at radius 2 is 1.84 bits per heavy atom. The van der Waals surface area contributed by atoms with Gasteiger partial charge in [0.05, 0.1) is 0 Å². The number of aryl methyl sites for hydroxylation is 1. The van der Waals surface area contributed by atoms with Crippen molar-refractivity contribution in [2.45, 2.75) is 31.2 Å². The van der Waals surface area contributed by atoms with Gasteiger partial charge in [0.2, 0.25) is 0 Å². The minimum absolute atomic E-state index is 0. The quantitative estimate of drug-likeness (QED) is 0.299. The van der Waals surface area contributed by atoms with Crippen LogP contribution in [-0.4, -0.2) is 25.6 Å². The summed E-state index contributed by atoms with van der Waals surface area (Å²) in [5, 5.41) is 6.73. The first-order valence-corrected chi connectivity index (χ1v) is 8.53. The summed E-state index contributed by atoms with van der Waals surface area (Å²) in [6, 6.07) is 17.8. The minimum atomic E-state index is -0.113. The summed E-state index contributed by atoms with van der Waals surface area (Å²) in [5.74, 6) is 0.929. The Hall–Kier alpha value is -1.63. The lowest BCUT2D eigenvalue weighted by atomic mass is 10.1. The van der Waals surface area contributed by atoms with Crippen LogP contribution in [-0.2, 0) is 6.42 Å². The summed E-state index contributed by atoms with van der Waals surface area (Å²) < 4.78 is 13.8. The van der Waals surface area contributed by atoms with Gasteiger partial charge in [-0.2, -0.15) is 0 Å². The molecule has 2 unspecified atom stereocenters. The van der Waals surface area contributed by atoms with Crippen molar-refractivity contribution in [3.63, 3.8) is 0 Å². The van der Waals surface area contributed by atoms with Gasteiger partial charge in [-0.3, -0.25) is 4.99 Å². The first-order chi connectivity index (χ1) is 11.8. The first-order valence-electron chi connectivity index (χ1n) is 8.53. The lowest BCUT2D eigenvalue weighted by Crippen LogP contribution is -2.39. The van der Waals surface area contributed by atoms with E-state index in [4.69, 9.17) is 0 Å². The Kier molecular flexibility index (Phi) is 7.68. The van der Waals surface area contributed by atoms with Crippen LogP contribution in [0.25, 0.3) is 0 Å². The molecule has 0 aliphatic heterocycles. The molecule has 0 heterocycles. The molecule has 1 saturated carbocycles. The molecule has 1 fully saturated rings. The van der Waals surface area contributed by atoms with Crippen LogP contribution >= 0.6 is 24.0 Å². The summed E-state index contributed by atoms with van der Waals surface area (Å²) in [6.45, 7) is 0.867. The number of nitrogens with zero attached hydrogens (tertiary/aromatic N) is 1. The van der Waals surface area contributed by atoms with Crippen LogP contribution in [0, 0.1) is 5.82 Å². The highest BCUT2D eigenvalue weighted by molar-refractivity contribution is 14.0. The van der Waals surface area contributed by atoms with Crippen LogP contribution < -0.4 is 10.6 Å². The van der Waals surface area contributed by atoms with E-state index < -0.39 is 0 Å². The van der Waals surface area contributed by atoms with Crippen LogP contribution in [0.4, 0.5) is 4.39 Å². The molecule has 0 bridgehead atoms. The van der Waals surface area contributed by atoms with Gasteiger partial charge < -0.3 is 10.6 Å². The Labute approximate surface area is 166 Å². The van der Waals surface area contributed by atoms with Gasteiger partial charge in [-0.25, -0.2) is 4.39 Å². The molecule has 2 N–H and O–H groups in total. The third kappa shape index (κ3) is 5.70. The fourth-order valence-electron chi connectivity index (χ4n) is 2.99. The van der Waals surface area contributed by atoms with Crippen molar-refractivity contribution in [2.24, 2.45) is 4.99 Å². The maximum absolute atomic E-state index is 13.8. The topological polar surface area (TPSA) is 36.4 Å². The molecule has 5 heteroatoms. The van der Waals surface area contributed by atoms with E-state index >= 15 is 0 Å². The molecule has 2 aromatic rings. The average molecular weight is 453 g/mol. The molecule has 134 valence electrons. The van der Waals surface area contributed by atoms with E-state index in [0.29, 0.717) is 0 Å². The van der Waals surface area contributed by atoms with E-state index in [9.17, 15) is 4.39 Å². The summed E-state index contributed by atoms with van der Waals surface area (Å²) in [7, 11) is 1.77. The molecule has 0 amide bonds. The van der Waals surface area contributed by atoms with Gasteiger partial charge in [0.1, 0.15) is 5.82 Å². The SMILES string of the molecule is CN=C(NCCCc1ccccc1)NC1CC1c1ccccc1F.I. The second-order valence-corrected chi connectivity index (χ2v) is 6.20. The molecule has 1 aliphatic rings. The molecule has 0 aromatic heterocycles. The summed E-state index contributed by atoms with van der Waals surface area (Å²) in [6.07, 6.45) is 3.05. The Bertz CT molecular complexity index is 690. The molecule has 3 rings (SSSR count). The predicted molar refractivity (Wildman–Crippen MR) is 112 cm³/mol. The van der Waals surface area contributed by atoms with Crippen molar-refractivity contribution < 1.29 is 4.39 Å². The highest BCUT2D eigenvalue weighted by Crippen LogP contribution is 2.41. The van der Waals surface area contributed by atoms with Crippen molar-refractivity contribution in [3.8, 4) is 0 Å². The zero-order valence-electron chi connectivity index (χ0n) is 14.4. The summed E-state index contributed by atoms with van der Waals surface area (Å²) in [4.78, 5) is 4.26. The number of hydrogen-bond acceptors (Lipinski definition) is 1. The van der Waals surface area contributed by atoms with Crippen LogP contribution in [0.1, 0.15) is 29.9 Å². The zero-order chi connectivity index (χ0) is 16.8. The number of nitrogens with one attached hydrogen (secondary N) is 2. The molecule has 0 radical (unpaired) electrons. The summed E-state index contributed by atoms with van der Waals surface area (Å²) in [5.41, 5.74) is 2.15. The van der Waals surface area contributed by atoms with Crippen LogP contribution in [0.3, 0.4) is 0 Å². The van der Waals surface area contributed by atoms with Crippen molar-refractivity contribution in [3.05, 3.63) is 71.5 Å². The third-order valence-corrected chi connectivity index (χ3v) is 4.42. The Morgan fingerprint density at radius 1 is 1.12 bits per heavy atom. The summed E-state index contributed by atoms with van der Waals surface area (Å²) >= 11 is 0. The smallest absolute Gasteiger partial charge is 0.191 e. The van der Waals surface area contributed by atoms with Gasteiger partial charge in [0.15, 0.2) is 5.96 Å². The lowest BCUT2D eigenvalue weighted by Gasteiger charge is -2.12. The molecule has 2 atom stereocenters. The zero-order valence-corrected chi connectivity index (χ0v) is 16.7. The number of guanidine groups is 1. The highest BCUT2D eigenvalue weighted by Gasteiger charge is 2.40. The molecule has 1 aliphatic carbocycles. The van der Waals surface area contributed by atoms with E-state index in [2.05, 4.69) is 39.9 Å². The standard InChI is InChI=1S/C20H24FN3.HI/c1-22-20(23-13-7-10-15-8-3-2-4-9-15)24-19-14-17(19)16-11-5-6-12-18(16)21;/h2-6,8-9,11-12,17,19H,7,10,13-14H2,1H3,(H2,22,23,24);1H. The van der Waals surface area contributed by atoms with E-state index in [1.807, 2.05) is 18.2 Å². The fraction of sp³-hybridized carbons (Fsp3) is 0.350. The number of hydrogen-bond donors (Lipinski definition) is 2. The van der Waals surface area contributed by atoms with Gasteiger partial charge in [-0.15, -0.1) is 24.0 Å². The number of rotatable bonds is 6. The first kappa shape index (κ1) is 19.7. The van der Waals surface area contributed by atoms with Crippen LogP contribution in [0.15, 0.2) is 59.6 Å². The normalized spacial score (nSPS) is 19.0. The van der Waals surface area contributed by atoms with E-state index in [-0.39, 0.29) is 41.8 Å². The van der Waals surface area contributed by atoms with Crippen LogP contribution in [0.2, 0.25) is 0 Å². The molecule has 3 nitrogen and oxygen atoms in total. The predicted octanol–water partition coefficient (Wildman–Crippen LogP) is 4.10. The van der Waals surface area contributed by atoms with E-state index in [0.717, 1.165) is 37.3 Å². The van der Waals surface area contributed by atoms with Crippen LogP contribution in [0.5, 0.6) is 0 Å². The largest absolute Gasteiger partial charge is 0.356 e. The van der Waals surface area contributed by atoms with Gasteiger partial charge in [0.25, 0.3) is 0 Å². The molecule has 0 saturated heterocycles. The third-order valence-electron chi connectivity index (χ3n) is 4.42. The fourth-order valence-corrected chi connectivity index (χ4v) is 2.99. The van der Waals surface area contributed by atoms with Gasteiger partial charge >= 0.3 is 0 Å². The minimum Gasteiger partial charge on any atom is -0.356 e. The monoisotopic (exact) mass is 453 g/mol. The van der Waals surface area contributed by atoms with Crippen molar-refractivity contribution in [1.29, 1.82) is 0 Å². The molecule has 0 spiro atoms. The maximum Gasteiger partial charge on any atom is 0.191 e. The maximum atomic E-state index is 13.8. The van der Waals surface area contributed by atoms with Gasteiger partial charge in [-0.05, 0) is 36.5 Å². The molecule has 2 aromatic carbocycles. The highest BCUT2D eigenvalue weighted by atomic mass is 127. The number of aliphatic imine (C=N–C) groups is 1. The second kappa shape index (κ2) is 9.75. The molecular weight excluding hydrogens is 428 g/mol. The number of benzene rings is 2. The Balaban J connectivity index is 0.00000225. The Morgan fingerprint density at radius 3 is 2.56 bits per heavy atom. The van der Waals surface area contributed by atoms with Crippen molar-refractivity contribution in [2.75, 3.05) is 13.6 Å².